The van der Waals surface area contributed by atoms with Crippen LogP contribution in [0.15, 0.2) is 18.2 Å². The second-order valence-corrected chi connectivity index (χ2v) is 4.51. The third-order valence-corrected chi connectivity index (χ3v) is 2.54. The minimum absolute atomic E-state index is 0.292. The van der Waals surface area contributed by atoms with Gasteiger partial charge in [-0.15, -0.1) is 0 Å². The van der Waals surface area contributed by atoms with Gasteiger partial charge in [0.05, 0.1) is 5.69 Å². The summed E-state index contributed by atoms with van der Waals surface area (Å²) in [6.07, 6.45) is 1.03. The van der Waals surface area contributed by atoms with Crippen molar-refractivity contribution in [3.63, 3.8) is 0 Å². The second kappa shape index (κ2) is 2.66. The van der Waals surface area contributed by atoms with E-state index in [2.05, 4.69) is 25.2 Å². The van der Waals surface area contributed by atoms with Crippen molar-refractivity contribution in [3.05, 3.63) is 23.8 Å². The molecule has 2 heteroatoms. The molecule has 0 spiro atoms. The zero-order valence-corrected chi connectivity index (χ0v) is 8.09. The molecule has 0 saturated heterocycles. The first kappa shape index (κ1) is 8.42. The van der Waals surface area contributed by atoms with Gasteiger partial charge in [-0.1, -0.05) is 26.0 Å². The molecule has 0 amide bonds. The molecule has 0 bridgehead atoms. The average Bonchev–Trinajstić information content (AvgIpc) is 2.02. The molecule has 0 aliphatic carbocycles. The number of hydrogen-bond acceptors (Lipinski definition) is 2. The number of para-hydroxylation sites is 1. The smallest absolute Gasteiger partial charge is 0.138 e. The molecule has 70 valence electrons. The van der Waals surface area contributed by atoms with Crippen molar-refractivity contribution in [2.45, 2.75) is 20.3 Å². The third-order valence-electron chi connectivity index (χ3n) is 2.54. The molecule has 0 radical (unpaired) electrons. The van der Waals surface area contributed by atoms with Gasteiger partial charge < -0.3 is 10.4 Å². The number of fused-ring (bicyclic) bond motifs is 1. The van der Waals surface area contributed by atoms with Crippen molar-refractivity contribution in [2.75, 3.05) is 11.9 Å². The van der Waals surface area contributed by atoms with Crippen LogP contribution < -0.4 is 5.32 Å². The van der Waals surface area contributed by atoms with Crippen LogP contribution in [0.3, 0.4) is 0 Å². The van der Waals surface area contributed by atoms with E-state index < -0.39 is 0 Å². The van der Waals surface area contributed by atoms with Crippen LogP contribution in [0.25, 0.3) is 0 Å². The first-order valence-corrected chi connectivity index (χ1v) is 4.63. The molecule has 2 nitrogen and oxygen atoms in total. The molecule has 0 aromatic heterocycles. The van der Waals surface area contributed by atoms with Gasteiger partial charge in [0.1, 0.15) is 5.75 Å². The molecule has 13 heavy (non-hydrogen) atoms. The molecule has 0 saturated carbocycles. The monoisotopic (exact) mass is 177 g/mol. The summed E-state index contributed by atoms with van der Waals surface area (Å²) in [5.41, 5.74) is 2.43. The van der Waals surface area contributed by atoms with Gasteiger partial charge in [-0.05, 0) is 23.5 Å². The molecule has 0 atom stereocenters. The molecule has 0 fully saturated rings. The van der Waals surface area contributed by atoms with Gasteiger partial charge in [0.2, 0.25) is 0 Å². The maximum absolute atomic E-state index is 9.56. The van der Waals surface area contributed by atoms with E-state index in [0.29, 0.717) is 11.2 Å². The highest BCUT2D eigenvalue weighted by atomic mass is 16.3. The van der Waals surface area contributed by atoms with Gasteiger partial charge in [-0.3, -0.25) is 0 Å². The molecule has 0 unspecified atom stereocenters. The lowest BCUT2D eigenvalue weighted by atomic mass is 9.82. The van der Waals surface area contributed by atoms with Crippen molar-refractivity contribution in [1.82, 2.24) is 0 Å². The summed E-state index contributed by atoms with van der Waals surface area (Å²) in [6.45, 7) is 5.39. The van der Waals surface area contributed by atoms with Gasteiger partial charge >= 0.3 is 0 Å². The topological polar surface area (TPSA) is 32.3 Å². The summed E-state index contributed by atoms with van der Waals surface area (Å²) < 4.78 is 0. The van der Waals surface area contributed by atoms with Gasteiger partial charge in [0.15, 0.2) is 0 Å². The van der Waals surface area contributed by atoms with Crippen LogP contribution in [0.1, 0.15) is 19.4 Å². The predicted octanol–water partition coefficient (Wildman–Crippen LogP) is 2.39. The highest BCUT2D eigenvalue weighted by Crippen LogP contribution is 2.36. The quantitative estimate of drug-likeness (QED) is 0.596. The Labute approximate surface area is 78.6 Å². The number of aromatic hydroxyl groups is 1. The molecule has 1 aromatic carbocycles. The van der Waals surface area contributed by atoms with Crippen LogP contribution in [-0.4, -0.2) is 11.7 Å². The molecule has 1 heterocycles. The first-order chi connectivity index (χ1) is 6.08. The lowest BCUT2D eigenvalue weighted by Gasteiger charge is -2.32. The first-order valence-electron chi connectivity index (χ1n) is 4.63. The molecule has 2 rings (SSSR count). The van der Waals surface area contributed by atoms with Gasteiger partial charge in [0.25, 0.3) is 0 Å². The Morgan fingerprint density at radius 2 is 2.15 bits per heavy atom. The molecule has 1 aliphatic heterocycles. The summed E-state index contributed by atoms with van der Waals surface area (Å²) in [4.78, 5) is 0. The average molecular weight is 177 g/mol. The largest absolute Gasteiger partial charge is 0.506 e. The second-order valence-electron chi connectivity index (χ2n) is 4.51. The van der Waals surface area contributed by atoms with E-state index in [9.17, 15) is 5.11 Å². The lowest BCUT2D eigenvalue weighted by Crippen LogP contribution is -2.30. The fourth-order valence-electron chi connectivity index (χ4n) is 1.84. The van der Waals surface area contributed by atoms with Crippen LogP contribution in [0.5, 0.6) is 5.75 Å². The van der Waals surface area contributed by atoms with Crippen LogP contribution in [0.4, 0.5) is 5.69 Å². The van der Waals surface area contributed by atoms with Crippen molar-refractivity contribution in [1.29, 1.82) is 0 Å². The summed E-state index contributed by atoms with van der Waals surface area (Å²) in [6, 6.07) is 5.70. The van der Waals surface area contributed by atoms with E-state index in [-0.39, 0.29) is 0 Å². The maximum atomic E-state index is 9.56. The highest BCUT2D eigenvalue weighted by Gasteiger charge is 2.25. The zero-order chi connectivity index (χ0) is 9.47. The molecule has 1 aromatic rings. The normalized spacial score (nSPS) is 18.9. The lowest BCUT2D eigenvalue weighted by molar-refractivity contribution is 0.375. The van der Waals surface area contributed by atoms with Crippen LogP contribution in [0, 0.1) is 5.41 Å². The van der Waals surface area contributed by atoms with Crippen molar-refractivity contribution >= 4 is 5.69 Å². The summed E-state index contributed by atoms with van der Waals surface area (Å²) in [5.74, 6) is 0.369. The number of hydrogen-bond donors (Lipinski definition) is 2. The maximum Gasteiger partial charge on any atom is 0.138 e. The Hall–Kier alpha value is -1.18. The van der Waals surface area contributed by atoms with Crippen molar-refractivity contribution < 1.29 is 5.11 Å². The number of phenols is 1. The van der Waals surface area contributed by atoms with Gasteiger partial charge in [-0.2, -0.15) is 0 Å². The Morgan fingerprint density at radius 3 is 2.92 bits per heavy atom. The fourth-order valence-corrected chi connectivity index (χ4v) is 1.84. The van der Waals surface area contributed by atoms with E-state index in [0.717, 1.165) is 18.7 Å². The number of nitrogens with one attached hydrogen (secondary N) is 1. The summed E-state index contributed by atoms with van der Waals surface area (Å²) in [7, 11) is 0. The Morgan fingerprint density at radius 1 is 1.38 bits per heavy atom. The SMILES string of the molecule is CC1(C)CNc2c(O)cccc2C1. The van der Waals surface area contributed by atoms with E-state index in [1.54, 1.807) is 6.07 Å². The third kappa shape index (κ3) is 1.48. The highest BCUT2D eigenvalue weighted by molar-refractivity contribution is 5.63. The van der Waals surface area contributed by atoms with E-state index in [1.165, 1.54) is 5.56 Å². The molecule has 2 N–H and O–H groups in total. The zero-order valence-electron chi connectivity index (χ0n) is 8.09. The minimum Gasteiger partial charge on any atom is -0.506 e. The molecular weight excluding hydrogens is 162 g/mol. The van der Waals surface area contributed by atoms with Crippen LogP contribution >= 0.6 is 0 Å². The number of phenolic OH excluding ortho intramolecular Hbond substituents is 1. The number of benzene rings is 1. The predicted molar refractivity (Wildman–Crippen MR) is 54.1 cm³/mol. The van der Waals surface area contributed by atoms with E-state index >= 15 is 0 Å². The van der Waals surface area contributed by atoms with Crippen molar-refractivity contribution in [3.8, 4) is 5.75 Å². The Kier molecular flexibility index (Phi) is 1.72. The van der Waals surface area contributed by atoms with Crippen molar-refractivity contribution in [2.24, 2.45) is 5.41 Å². The Balaban J connectivity index is 2.42. The Bertz CT molecular complexity index is 331. The summed E-state index contributed by atoms with van der Waals surface area (Å²) >= 11 is 0. The standard InChI is InChI=1S/C11H15NO/c1-11(2)6-8-4-3-5-9(13)10(8)12-7-11/h3-5,12-13H,6-7H2,1-2H3. The number of rotatable bonds is 0. The van der Waals surface area contributed by atoms with Gasteiger partial charge in [-0.25, -0.2) is 0 Å². The van der Waals surface area contributed by atoms with E-state index in [4.69, 9.17) is 0 Å². The molecular formula is C11H15NO. The number of anilines is 1. The fraction of sp³-hybridized carbons (Fsp3) is 0.455. The minimum atomic E-state index is 0.292. The summed E-state index contributed by atoms with van der Waals surface area (Å²) in [5, 5.41) is 12.8. The van der Waals surface area contributed by atoms with Crippen LogP contribution in [0.2, 0.25) is 0 Å². The van der Waals surface area contributed by atoms with Crippen LogP contribution in [-0.2, 0) is 6.42 Å². The van der Waals surface area contributed by atoms with Gasteiger partial charge in [0, 0.05) is 6.54 Å². The van der Waals surface area contributed by atoms with E-state index in [1.807, 2.05) is 6.07 Å². The molecule has 1 aliphatic rings.